The van der Waals surface area contributed by atoms with E-state index >= 15 is 0 Å². The van der Waals surface area contributed by atoms with E-state index in [1.807, 2.05) is 4.90 Å². The van der Waals surface area contributed by atoms with Crippen molar-refractivity contribution in [1.82, 2.24) is 9.97 Å². The molecule has 1 aromatic rings. The average Bonchev–Trinajstić information content (AvgIpc) is 2.25. The number of hydrogen-bond donors (Lipinski definition) is 2. The molecule has 2 rings (SSSR count). The molecule has 0 radical (unpaired) electrons. The maximum absolute atomic E-state index is 10.9. The molecule has 0 bridgehead atoms. The van der Waals surface area contributed by atoms with Crippen molar-refractivity contribution in [2.75, 3.05) is 17.4 Å². The maximum Gasteiger partial charge on any atom is 0.329 e. The Morgan fingerprint density at radius 3 is 2.82 bits per heavy atom. The van der Waals surface area contributed by atoms with Gasteiger partial charge in [-0.15, -0.1) is 0 Å². The highest BCUT2D eigenvalue weighted by Gasteiger charge is 2.29. The smallest absolute Gasteiger partial charge is 0.329 e. The Hall–Kier alpha value is -1.96. The molecular weight excluding hydrogens is 224 g/mol. The van der Waals surface area contributed by atoms with Crippen LogP contribution in [0.3, 0.4) is 0 Å². The van der Waals surface area contributed by atoms with Gasteiger partial charge in [0.05, 0.1) is 4.92 Å². The van der Waals surface area contributed by atoms with Crippen LogP contribution in [0, 0.1) is 10.1 Å². The third kappa shape index (κ3) is 2.11. The van der Waals surface area contributed by atoms with E-state index in [0.717, 1.165) is 19.3 Å². The minimum atomic E-state index is -0.481. The number of hydrogen-bond acceptors (Lipinski definition) is 7. The number of nitro groups is 1. The first-order valence-electron chi connectivity index (χ1n) is 5.34. The molecule has 1 saturated carbocycles. The lowest BCUT2D eigenvalue weighted by Crippen LogP contribution is -2.38. The van der Waals surface area contributed by atoms with Crippen LogP contribution in [0.5, 0.6) is 0 Å². The molecule has 8 nitrogen and oxygen atoms in total. The molecule has 0 spiro atoms. The van der Waals surface area contributed by atoms with E-state index in [2.05, 4.69) is 15.4 Å². The first-order chi connectivity index (χ1) is 8.13. The van der Waals surface area contributed by atoms with E-state index in [1.54, 1.807) is 7.05 Å². The van der Waals surface area contributed by atoms with E-state index < -0.39 is 4.92 Å². The van der Waals surface area contributed by atoms with Crippen molar-refractivity contribution in [2.45, 2.75) is 25.3 Å². The molecule has 1 heterocycles. The van der Waals surface area contributed by atoms with Gasteiger partial charge in [0.2, 0.25) is 11.8 Å². The molecule has 8 heteroatoms. The number of anilines is 2. The maximum atomic E-state index is 10.9. The van der Waals surface area contributed by atoms with Crippen LogP contribution in [0.25, 0.3) is 0 Å². The van der Waals surface area contributed by atoms with Crippen molar-refractivity contribution >= 4 is 17.5 Å². The molecule has 0 aromatic carbocycles. The molecular formula is C9H14N6O2. The minimum Gasteiger partial charge on any atom is -0.351 e. The predicted octanol–water partition coefficient (Wildman–Crippen LogP) is 0.659. The van der Waals surface area contributed by atoms with Crippen molar-refractivity contribution in [2.24, 2.45) is 5.84 Å². The summed E-state index contributed by atoms with van der Waals surface area (Å²) >= 11 is 0. The molecule has 1 aromatic heterocycles. The summed E-state index contributed by atoms with van der Waals surface area (Å²) in [6.07, 6.45) is 4.38. The number of nitrogens with zero attached hydrogens (tertiary/aromatic N) is 4. The molecule has 0 saturated heterocycles. The number of aromatic nitrogens is 2. The van der Waals surface area contributed by atoms with Crippen molar-refractivity contribution in [3.63, 3.8) is 0 Å². The number of rotatable bonds is 4. The van der Waals surface area contributed by atoms with Crippen LogP contribution in [0.15, 0.2) is 6.20 Å². The SMILES string of the molecule is CN(c1nc(NN)ncc1[N+](=O)[O-])C1CCC1. The molecule has 0 aliphatic heterocycles. The molecule has 0 amide bonds. The molecule has 17 heavy (non-hydrogen) atoms. The van der Waals surface area contributed by atoms with Gasteiger partial charge in [-0.05, 0) is 19.3 Å². The summed E-state index contributed by atoms with van der Waals surface area (Å²) < 4.78 is 0. The quantitative estimate of drug-likeness (QED) is 0.450. The first kappa shape index (κ1) is 11.5. The number of hydrazine groups is 1. The highest BCUT2D eigenvalue weighted by atomic mass is 16.6. The largest absolute Gasteiger partial charge is 0.351 e. The van der Waals surface area contributed by atoms with Gasteiger partial charge in [0.25, 0.3) is 0 Å². The molecule has 1 aliphatic carbocycles. The van der Waals surface area contributed by atoms with Crippen molar-refractivity contribution in [3.8, 4) is 0 Å². The first-order valence-corrected chi connectivity index (χ1v) is 5.34. The number of nitrogens with two attached hydrogens (primary N) is 1. The van der Waals surface area contributed by atoms with Crippen molar-refractivity contribution < 1.29 is 4.92 Å². The molecule has 92 valence electrons. The molecule has 0 unspecified atom stereocenters. The Morgan fingerprint density at radius 2 is 2.35 bits per heavy atom. The summed E-state index contributed by atoms with van der Waals surface area (Å²) in [5.41, 5.74) is 2.19. The Balaban J connectivity index is 2.36. The Bertz CT molecular complexity index is 433. The summed E-state index contributed by atoms with van der Waals surface area (Å²) in [5, 5.41) is 10.9. The second-order valence-corrected chi connectivity index (χ2v) is 4.00. The lowest BCUT2D eigenvalue weighted by Gasteiger charge is -2.35. The summed E-state index contributed by atoms with van der Waals surface area (Å²) in [5.74, 6) is 5.69. The zero-order valence-corrected chi connectivity index (χ0v) is 9.46. The highest BCUT2D eigenvalue weighted by Crippen LogP contribution is 2.32. The van der Waals surface area contributed by atoms with Crippen LogP contribution in [-0.4, -0.2) is 28.0 Å². The Kier molecular flexibility index (Phi) is 3.05. The van der Waals surface area contributed by atoms with Crippen LogP contribution < -0.4 is 16.2 Å². The highest BCUT2D eigenvalue weighted by molar-refractivity contribution is 5.59. The van der Waals surface area contributed by atoms with Gasteiger partial charge >= 0.3 is 5.69 Å². The van der Waals surface area contributed by atoms with Gasteiger partial charge in [-0.2, -0.15) is 4.98 Å². The van der Waals surface area contributed by atoms with Crippen LogP contribution in [0.4, 0.5) is 17.5 Å². The zero-order valence-electron chi connectivity index (χ0n) is 9.46. The third-order valence-corrected chi connectivity index (χ3v) is 3.03. The summed E-state index contributed by atoms with van der Waals surface area (Å²) in [7, 11) is 1.81. The average molecular weight is 238 g/mol. The van der Waals surface area contributed by atoms with E-state index in [0.29, 0.717) is 11.9 Å². The molecule has 1 fully saturated rings. The van der Waals surface area contributed by atoms with Gasteiger partial charge in [0.1, 0.15) is 6.20 Å². The van der Waals surface area contributed by atoms with Gasteiger partial charge in [-0.1, -0.05) is 0 Å². The van der Waals surface area contributed by atoms with Gasteiger partial charge in [-0.3, -0.25) is 15.5 Å². The standard InChI is InChI=1S/C9H14N6O2/c1-14(6-3-2-4-6)8-7(15(16)17)5-11-9(12-8)13-10/h5-6H,2-4,10H2,1H3,(H,11,12,13). The normalized spacial score (nSPS) is 15.2. The lowest BCUT2D eigenvalue weighted by molar-refractivity contribution is -0.384. The Morgan fingerprint density at radius 1 is 1.65 bits per heavy atom. The summed E-state index contributed by atoms with van der Waals surface area (Å²) in [4.78, 5) is 20.0. The summed E-state index contributed by atoms with van der Waals surface area (Å²) in [6.45, 7) is 0. The van der Waals surface area contributed by atoms with E-state index in [-0.39, 0.29) is 11.6 Å². The van der Waals surface area contributed by atoms with Gasteiger partial charge in [0, 0.05) is 13.1 Å². The number of nitrogens with one attached hydrogen (secondary N) is 1. The van der Waals surface area contributed by atoms with Crippen LogP contribution in [0.2, 0.25) is 0 Å². The van der Waals surface area contributed by atoms with Gasteiger partial charge in [0.15, 0.2) is 0 Å². The van der Waals surface area contributed by atoms with Crippen LogP contribution in [0.1, 0.15) is 19.3 Å². The fourth-order valence-corrected chi connectivity index (χ4v) is 1.77. The van der Waals surface area contributed by atoms with Crippen molar-refractivity contribution in [3.05, 3.63) is 16.3 Å². The van der Waals surface area contributed by atoms with Gasteiger partial charge < -0.3 is 4.90 Å². The van der Waals surface area contributed by atoms with Crippen molar-refractivity contribution in [1.29, 1.82) is 0 Å². The second kappa shape index (κ2) is 4.50. The van der Waals surface area contributed by atoms with E-state index in [1.165, 1.54) is 6.20 Å². The summed E-state index contributed by atoms with van der Waals surface area (Å²) in [6, 6.07) is 0.314. The third-order valence-electron chi connectivity index (χ3n) is 3.03. The molecule has 3 N–H and O–H groups in total. The minimum absolute atomic E-state index is 0.0987. The topological polar surface area (TPSA) is 110 Å². The van der Waals surface area contributed by atoms with Gasteiger partial charge in [-0.25, -0.2) is 10.8 Å². The van der Waals surface area contributed by atoms with E-state index in [4.69, 9.17) is 5.84 Å². The fourth-order valence-electron chi connectivity index (χ4n) is 1.77. The van der Waals surface area contributed by atoms with Crippen LogP contribution >= 0.6 is 0 Å². The fraction of sp³-hybridized carbons (Fsp3) is 0.556. The lowest BCUT2D eigenvalue weighted by atomic mass is 9.92. The second-order valence-electron chi connectivity index (χ2n) is 4.00. The zero-order chi connectivity index (χ0) is 12.4. The number of nitrogen functional groups attached to an aromatic ring is 1. The predicted molar refractivity (Wildman–Crippen MR) is 62.5 cm³/mol. The molecule has 0 atom stereocenters. The van der Waals surface area contributed by atoms with Crippen LogP contribution in [-0.2, 0) is 0 Å². The molecule has 1 aliphatic rings. The Labute approximate surface area is 98.0 Å². The van der Waals surface area contributed by atoms with E-state index in [9.17, 15) is 10.1 Å². The monoisotopic (exact) mass is 238 g/mol.